The number of nitriles is 1. The van der Waals surface area contributed by atoms with E-state index in [0.717, 1.165) is 5.56 Å². The molecule has 0 aliphatic carbocycles. The van der Waals surface area contributed by atoms with Gasteiger partial charge in [-0.25, -0.2) is 0 Å². The van der Waals surface area contributed by atoms with Crippen LogP contribution in [0.5, 0.6) is 5.75 Å². The van der Waals surface area contributed by atoms with Gasteiger partial charge in [0.05, 0.1) is 18.4 Å². The lowest BCUT2D eigenvalue weighted by Crippen LogP contribution is -2.29. The van der Waals surface area contributed by atoms with E-state index in [-0.39, 0.29) is 6.42 Å². The van der Waals surface area contributed by atoms with E-state index >= 15 is 0 Å². The standard InChI is InChI=1S/C20H19ClN2O3/c1-2-26-19-6-4-3-5-17(19)23-20(25)16(13-22)18(24)12-9-14-7-10-15(21)11-8-14/h3-8,10-11,16H,2,9,12H2,1H3,(H,23,25). The summed E-state index contributed by atoms with van der Waals surface area (Å²) < 4.78 is 5.43. The molecular weight excluding hydrogens is 352 g/mol. The largest absolute Gasteiger partial charge is 0.492 e. The predicted octanol–water partition coefficient (Wildman–Crippen LogP) is 4.02. The number of anilines is 1. The molecule has 0 heterocycles. The molecule has 5 nitrogen and oxygen atoms in total. The van der Waals surface area contributed by atoms with Crippen LogP contribution in [-0.2, 0) is 16.0 Å². The van der Waals surface area contributed by atoms with Crippen molar-refractivity contribution in [1.82, 2.24) is 0 Å². The predicted molar refractivity (Wildman–Crippen MR) is 100 cm³/mol. The molecule has 2 aromatic carbocycles. The molecule has 1 N–H and O–H groups in total. The van der Waals surface area contributed by atoms with Crippen molar-refractivity contribution in [3.05, 3.63) is 59.1 Å². The number of ether oxygens (including phenoxy) is 1. The summed E-state index contributed by atoms with van der Waals surface area (Å²) in [5.41, 5.74) is 1.35. The minimum Gasteiger partial charge on any atom is -0.492 e. The van der Waals surface area contributed by atoms with Gasteiger partial charge < -0.3 is 10.1 Å². The monoisotopic (exact) mass is 370 g/mol. The number of para-hydroxylation sites is 2. The summed E-state index contributed by atoms with van der Waals surface area (Å²) >= 11 is 5.83. The molecule has 1 unspecified atom stereocenters. The number of ketones is 1. The van der Waals surface area contributed by atoms with Crippen LogP contribution in [0.25, 0.3) is 0 Å². The fourth-order valence-electron chi connectivity index (χ4n) is 2.40. The summed E-state index contributed by atoms with van der Waals surface area (Å²) in [7, 11) is 0. The lowest BCUT2D eigenvalue weighted by atomic mass is 9.98. The van der Waals surface area contributed by atoms with Gasteiger partial charge >= 0.3 is 0 Å². The maximum absolute atomic E-state index is 12.4. The smallest absolute Gasteiger partial charge is 0.249 e. The number of amides is 1. The third-order valence-corrected chi connectivity index (χ3v) is 3.98. The van der Waals surface area contributed by atoms with Crippen LogP contribution in [0, 0.1) is 17.2 Å². The van der Waals surface area contributed by atoms with Gasteiger partial charge in [-0.05, 0) is 43.2 Å². The van der Waals surface area contributed by atoms with Crippen molar-refractivity contribution in [3.8, 4) is 11.8 Å². The normalized spacial score (nSPS) is 11.3. The number of nitrogens with one attached hydrogen (secondary N) is 1. The Morgan fingerprint density at radius 3 is 2.54 bits per heavy atom. The third-order valence-electron chi connectivity index (χ3n) is 3.73. The van der Waals surface area contributed by atoms with E-state index in [1.165, 1.54) is 0 Å². The SMILES string of the molecule is CCOc1ccccc1NC(=O)C(C#N)C(=O)CCc1ccc(Cl)cc1. The van der Waals surface area contributed by atoms with Gasteiger partial charge in [-0.2, -0.15) is 5.26 Å². The molecule has 0 saturated heterocycles. The quantitative estimate of drug-likeness (QED) is 0.712. The van der Waals surface area contributed by atoms with Gasteiger partial charge in [-0.1, -0.05) is 35.9 Å². The van der Waals surface area contributed by atoms with Crippen LogP contribution in [0.15, 0.2) is 48.5 Å². The van der Waals surface area contributed by atoms with Crippen molar-refractivity contribution < 1.29 is 14.3 Å². The molecule has 0 aromatic heterocycles. The van der Waals surface area contributed by atoms with Crippen LogP contribution >= 0.6 is 11.6 Å². The van der Waals surface area contributed by atoms with E-state index in [4.69, 9.17) is 16.3 Å². The van der Waals surface area contributed by atoms with E-state index in [1.54, 1.807) is 42.5 Å². The van der Waals surface area contributed by atoms with Crippen LogP contribution in [-0.4, -0.2) is 18.3 Å². The number of hydrogen-bond donors (Lipinski definition) is 1. The minimum absolute atomic E-state index is 0.0976. The number of Topliss-reactive ketones (excluding diaryl/α,β-unsaturated/α-hetero) is 1. The van der Waals surface area contributed by atoms with Crippen LogP contribution in [0.1, 0.15) is 18.9 Å². The van der Waals surface area contributed by atoms with E-state index in [2.05, 4.69) is 5.32 Å². The van der Waals surface area contributed by atoms with Crippen molar-refractivity contribution in [2.75, 3.05) is 11.9 Å². The summed E-state index contributed by atoms with van der Waals surface area (Å²) in [6, 6.07) is 15.8. The van der Waals surface area contributed by atoms with Gasteiger partial charge in [0, 0.05) is 11.4 Å². The van der Waals surface area contributed by atoms with E-state index in [0.29, 0.717) is 29.5 Å². The van der Waals surface area contributed by atoms with Gasteiger partial charge in [0.15, 0.2) is 11.7 Å². The number of halogens is 1. The average Bonchev–Trinajstić information content (AvgIpc) is 2.63. The van der Waals surface area contributed by atoms with Gasteiger partial charge in [0.25, 0.3) is 0 Å². The molecule has 2 rings (SSSR count). The first-order valence-corrected chi connectivity index (χ1v) is 8.62. The highest BCUT2D eigenvalue weighted by atomic mass is 35.5. The van der Waals surface area contributed by atoms with Gasteiger partial charge in [-0.15, -0.1) is 0 Å². The first-order valence-electron chi connectivity index (χ1n) is 8.24. The Labute approximate surface area is 157 Å². The zero-order chi connectivity index (χ0) is 18.9. The highest BCUT2D eigenvalue weighted by Gasteiger charge is 2.26. The van der Waals surface area contributed by atoms with Crippen molar-refractivity contribution in [3.63, 3.8) is 0 Å². The molecule has 1 amide bonds. The van der Waals surface area contributed by atoms with Gasteiger partial charge in [0.2, 0.25) is 5.91 Å². The molecule has 0 saturated carbocycles. The first-order chi connectivity index (χ1) is 12.5. The lowest BCUT2D eigenvalue weighted by Gasteiger charge is -2.13. The van der Waals surface area contributed by atoms with Crippen LogP contribution < -0.4 is 10.1 Å². The number of nitrogens with zero attached hydrogens (tertiary/aromatic N) is 1. The molecule has 2 aromatic rings. The zero-order valence-corrected chi connectivity index (χ0v) is 15.1. The Morgan fingerprint density at radius 2 is 1.88 bits per heavy atom. The Hall–Kier alpha value is -2.84. The van der Waals surface area contributed by atoms with Crippen molar-refractivity contribution in [1.29, 1.82) is 5.26 Å². The number of carbonyl (C=O) groups is 2. The number of carbonyl (C=O) groups excluding carboxylic acids is 2. The average molecular weight is 371 g/mol. The number of aryl methyl sites for hydroxylation is 1. The fraction of sp³-hybridized carbons (Fsp3) is 0.250. The first kappa shape index (κ1) is 19.5. The second-order valence-corrected chi connectivity index (χ2v) is 6.01. The van der Waals surface area contributed by atoms with Gasteiger partial charge in [-0.3, -0.25) is 9.59 Å². The van der Waals surface area contributed by atoms with Crippen LogP contribution in [0.2, 0.25) is 5.02 Å². The summed E-state index contributed by atoms with van der Waals surface area (Å²) in [6.07, 6.45) is 0.539. The molecule has 0 aliphatic rings. The fourth-order valence-corrected chi connectivity index (χ4v) is 2.52. The number of rotatable bonds is 8. The molecule has 0 radical (unpaired) electrons. The lowest BCUT2D eigenvalue weighted by molar-refractivity contribution is -0.128. The summed E-state index contributed by atoms with van der Waals surface area (Å²) in [5.74, 6) is -1.94. The van der Waals surface area contributed by atoms with E-state index in [9.17, 15) is 14.9 Å². The Kier molecular flexibility index (Phi) is 7.19. The summed E-state index contributed by atoms with van der Waals surface area (Å²) in [6.45, 7) is 2.27. The molecule has 26 heavy (non-hydrogen) atoms. The molecule has 1 atom stereocenters. The molecule has 134 valence electrons. The Balaban J connectivity index is 2.00. The topological polar surface area (TPSA) is 79.2 Å². The highest BCUT2D eigenvalue weighted by molar-refractivity contribution is 6.30. The van der Waals surface area contributed by atoms with Crippen LogP contribution in [0.3, 0.4) is 0 Å². The third kappa shape index (κ3) is 5.33. The second kappa shape index (κ2) is 9.59. The van der Waals surface area contributed by atoms with Gasteiger partial charge in [0.1, 0.15) is 5.75 Å². The maximum atomic E-state index is 12.4. The Morgan fingerprint density at radius 1 is 1.19 bits per heavy atom. The van der Waals surface area contributed by atoms with Crippen LogP contribution in [0.4, 0.5) is 5.69 Å². The molecule has 0 spiro atoms. The summed E-state index contributed by atoms with van der Waals surface area (Å²) in [5, 5.41) is 12.5. The zero-order valence-electron chi connectivity index (χ0n) is 14.4. The van der Waals surface area contributed by atoms with Crippen molar-refractivity contribution in [2.45, 2.75) is 19.8 Å². The minimum atomic E-state index is -1.36. The number of benzene rings is 2. The van der Waals surface area contributed by atoms with E-state index < -0.39 is 17.6 Å². The second-order valence-electron chi connectivity index (χ2n) is 5.57. The molecule has 6 heteroatoms. The summed E-state index contributed by atoms with van der Waals surface area (Å²) in [4.78, 5) is 24.7. The van der Waals surface area contributed by atoms with Crippen molar-refractivity contribution in [2.24, 2.45) is 5.92 Å². The molecule has 0 bridgehead atoms. The molecular formula is C20H19ClN2O3. The molecule has 0 aliphatic heterocycles. The van der Waals surface area contributed by atoms with Crippen molar-refractivity contribution >= 4 is 29.0 Å². The Bertz CT molecular complexity index is 813. The number of hydrogen-bond acceptors (Lipinski definition) is 4. The molecule has 0 fully saturated rings. The highest BCUT2D eigenvalue weighted by Crippen LogP contribution is 2.24. The van der Waals surface area contributed by atoms with E-state index in [1.807, 2.05) is 19.1 Å². The maximum Gasteiger partial charge on any atom is 0.249 e.